The summed E-state index contributed by atoms with van der Waals surface area (Å²) in [6, 6.07) is 11.3. The zero-order chi connectivity index (χ0) is 19.3. The molecular formula is C21H25BrO4. The fraction of sp³-hybridized carbons (Fsp3) is 0.429. The van der Waals surface area contributed by atoms with Gasteiger partial charge in [0.1, 0.15) is 11.4 Å². The monoisotopic (exact) mass is 420 g/mol. The van der Waals surface area contributed by atoms with E-state index in [1.807, 2.05) is 58.0 Å². The molecule has 0 spiro atoms. The van der Waals surface area contributed by atoms with Gasteiger partial charge in [0.15, 0.2) is 0 Å². The Bertz CT molecular complexity index is 792. The molecule has 2 aromatic rings. The zero-order valence-corrected chi connectivity index (χ0v) is 17.3. The molecule has 0 amide bonds. The van der Waals surface area contributed by atoms with Crippen molar-refractivity contribution in [3.05, 3.63) is 42.0 Å². The first-order valence-corrected chi connectivity index (χ1v) is 9.85. The van der Waals surface area contributed by atoms with Crippen LogP contribution in [0.2, 0.25) is 0 Å². The van der Waals surface area contributed by atoms with E-state index in [4.69, 9.17) is 9.47 Å². The Morgan fingerprint density at radius 3 is 2.38 bits per heavy atom. The second-order valence-corrected chi connectivity index (χ2v) is 8.08. The fourth-order valence-electron chi connectivity index (χ4n) is 2.50. The Balaban J connectivity index is 2.15. The third-order valence-corrected chi connectivity index (χ3v) is 4.40. The molecule has 2 rings (SSSR count). The number of alkyl halides is 1. The molecule has 5 heteroatoms. The molecule has 0 aliphatic carbocycles. The summed E-state index contributed by atoms with van der Waals surface area (Å²) in [5, 5.41) is 2.72. The van der Waals surface area contributed by atoms with Crippen molar-refractivity contribution in [3.8, 4) is 5.75 Å². The number of rotatable bonds is 6. The number of benzene rings is 2. The van der Waals surface area contributed by atoms with Crippen molar-refractivity contribution in [1.29, 1.82) is 0 Å². The summed E-state index contributed by atoms with van der Waals surface area (Å²) < 4.78 is 10.8. The molecule has 0 saturated heterocycles. The van der Waals surface area contributed by atoms with Gasteiger partial charge in [0.25, 0.3) is 0 Å². The van der Waals surface area contributed by atoms with E-state index in [9.17, 15) is 9.59 Å². The number of ether oxygens (including phenoxy) is 2. The molecule has 1 unspecified atom stereocenters. The lowest BCUT2D eigenvalue weighted by molar-refractivity contribution is -0.156. The maximum absolute atomic E-state index is 12.3. The molecule has 2 aromatic carbocycles. The lowest BCUT2D eigenvalue weighted by atomic mass is 9.97. The summed E-state index contributed by atoms with van der Waals surface area (Å²) in [6.07, 6.45) is 1.13. The molecule has 0 heterocycles. The van der Waals surface area contributed by atoms with Gasteiger partial charge in [-0.3, -0.25) is 9.59 Å². The summed E-state index contributed by atoms with van der Waals surface area (Å²) in [7, 11) is 0. The predicted molar refractivity (Wildman–Crippen MR) is 107 cm³/mol. The minimum absolute atomic E-state index is 0.237. The molecular weight excluding hydrogens is 396 g/mol. The first-order valence-electron chi connectivity index (χ1n) is 8.73. The van der Waals surface area contributed by atoms with Gasteiger partial charge in [0.2, 0.25) is 0 Å². The molecule has 0 aliphatic heterocycles. The molecule has 1 atom stereocenters. The highest BCUT2D eigenvalue weighted by atomic mass is 79.9. The topological polar surface area (TPSA) is 52.6 Å². The van der Waals surface area contributed by atoms with E-state index in [1.54, 1.807) is 6.07 Å². The number of esters is 2. The summed E-state index contributed by atoms with van der Waals surface area (Å²) >= 11 is 3.30. The first kappa shape index (κ1) is 20.4. The Morgan fingerprint density at radius 1 is 1.08 bits per heavy atom. The van der Waals surface area contributed by atoms with Crippen LogP contribution in [0.3, 0.4) is 0 Å². The lowest BCUT2D eigenvalue weighted by Gasteiger charge is -2.22. The SMILES string of the molecule is CC(C(=O)OC(C)(C)C)c1ccc2cc(OC(=O)CCCBr)ccc2c1. The van der Waals surface area contributed by atoms with Crippen molar-refractivity contribution in [2.75, 3.05) is 5.33 Å². The molecule has 0 saturated carbocycles. The lowest BCUT2D eigenvalue weighted by Crippen LogP contribution is -2.26. The van der Waals surface area contributed by atoms with Gasteiger partial charge < -0.3 is 9.47 Å². The van der Waals surface area contributed by atoms with Crippen LogP contribution in [-0.2, 0) is 14.3 Å². The fourth-order valence-corrected chi connectivity index (χ4v) is 2.78. The average molecular weight is 421 g/mol. The van der Waals surface area contributed by atoms with Crippen LogP contribution < -0.4 is 4.74 Å². The van der Waals surface area contributed by atoms with Crippen molar-refractivity contribution < 1.29 is 19.1 Å². The highest BCUT2D eigenvalue weighted by molar-refractivity contribution is 9.09. The number of carbonyl (C=O) groups is 2. The van der Waals surface area contributed by atoms with Crippen molar-refractivity contribution in [1.82, 2.24) is 0 Å². The van der Waals surface area contributed by atoms with Gasteiger partial charge in [0.05, 0.1) is 5.92 Å². The van der Waals surface area contributed by atoms with E-state index in [-0.39, 0.29) is 17.9 Å². The van der Waals surface area contributed by atoms with Crippen LogP contribution >= 0.6 is 15.9 Å². The van der Waals surface area contributed by atoms with Gasteiger partial charge in [-0.25, -0.2) is 0 Å². The van der Waals surface area contributed by atoms with Crippen LogP contribution in [-0.4, -0.2) is 22.9 Å². The quantitative estimate of drug-likeness (QED) is 0.358. The number of halogens is 1. The normalized spacial score (nSPS) is 12.7. The van der Waals surface area contributed by atoms with Crippen molar-refractivity contribution in [2.45, 2.75) is 52.1 Å². The molecule has 0 fully saturated rings. The third-order valence-electron chi connectivity index (χ3n) is 3.84. The van der Waals surface area contributed by atoms with Crippen molar-refractivity contribution in [2.24, 2.45) is 0 Å². The molecule has 0 bridgehead atoms. The predicted octanol–water partition coefficient (Wildman–Crippen LogP) is 5.37. The zero-order valence-electron chi connectivity index (χ0n) is 15.7. The third kappa shape index (κ3) is 5.84. The standard InChI is InChI=1S/C21H25BrO4/c1-14(20(24)26-21(2,3)4)15-7-8-17-13-18(10-9-16(17)12-15)25-19(23)6-5-11-22/h7-10,12-14H,5-6,11H2,1-4H3. The second kappa shape index (κ2) is 8.67. The maximum Gasteiger partial charge on any atom is 0.313 e. The minimum Gasteiger partial charge on any atom is -0.460 e. The number of carbonyl (C=O) groups excluding carboxylic acids is 2. The number of hydrogen-bond acceptors (Lipinski definition) is 4. The van der Waals surface area contributed by atoms with E-state index in [2.05, 4.69) is 15.9 Å². The van der Waals surface area contributed by atoms with Crippen LogP contribution in [0, 0.1) is 0 Å². The first-order chi connectivity index (χ1) is 12.2. The minimum atomic E-state index is -0.504. The molecule has 140 valence electrons. The molecule has 0 radical (unpaired) electrons. The van der Waals surface area contributed by atoms with E-state index in [0.717, 1.165) is 28.1 Å². The van der Waals surface area contributed by atoms with E-state index < -0.39 is 5.60 Å². The van der Waals surface area contributed by atoms with Crippen molar-refractivity contribution >= 4 is 38.6 Å². The van der Waals surface area contributed by atoms with Crippen LogP contribution in [0.5, 0.6) is 5.75 Å². The largest absolute Gasteiger partial charge is 0.460 e. The highest BCUT2D eigenvalue weighted by Crippen LogP contribution is 2.27. The van der Waals surface area contributed by atoms with E-state index >= 15 is 0 Å². The van der Waals surface area contributed by atoms with Gasteiger partial charge in [0, 0.05) is 11.8 Å². The Kier molecular flexibility index (Phi) is 6.81. The highest BCUT2D eigenvalue weighted by Gasteiger charge is 2.23. The summed E-state index contributed by atoms with van der Waals surface area (Å²) in [5.74, 6) is -0.293. The summed E-state index contributed by atoms with van der Waals surface area (Å²) in [6.45, 7) is 7.42. The van der Waals surface area contributed by atoms with Gasteiger partial charge >= 0.3 is 11.9 Å². The number of fused-ring (bicyclic) bond motifs is 1. The Hall–Kier alpha value is -1.88. The van der Waals surface area contributed by atoms with Crippen molar-refractivity contribution in [3.63, 3.8) is 0 Å². The van der Waals surface area contributed by atoms with E-state index in [0.29, 0.717) is 12.2 Å². The molecule has 4 nitrogen and oxygen atoms in total. The van der Waals surface area contributed by atoms with Gasteiger partial charge in [-0.15, -0.1) is 0 Å². The summed E-state index contributed by atoms with van der Waals surface area (Å²) in [4.78, 5) is 24.0. The second-order valence-electron chi connectivity index (χ2n) is 7.29. The molecule has 0 aromatic heterocycles. The van der Waals surface area contributed by atoms with E-state index in [1.165, 1.54) is 0 Å². The Morgan fingerprint density at radius 2 is 1.73 bits per heavy atom. The molecule has 26 heavy (non-hydrogen) atoms. The average Bonchev–Trinajstić information content (AvgIpc) is 2.57. The van der Waals surface area contributed by atoms with Gasteiger partial charge in [-0.2, -0.15) is 0 Å². The van der Waals surface area contributed by atoms with Crippen LogP contribution in [0.25, 0.3) is 10.8 Å². The van der Waals surface area contributed by atoms with Gasteiger partial charge in [-0.1, -0.05) is 40.2 Å². The Labute approximate surface area is 163 Å². The van der Waals surface area contributed by atoms with Crippen LogP contribution in [0.15, 0.2) is 36.4 Å². The maximum atomic E-state index is 12.3. The van der Waals surface area contributed by atoms with Crippen LogP contribution in [0.1, 0.15) is 52.0 Å². The molecule has 0 N–H and O–H groups in total. The van der Waals surface area contributed by atoms with Crippen LogP contribution in [0.4, 0.5) is 0 Å². The van der Waals surface area contributed by atoms with Gasteiger partial charge in [-0.05, 0) is 62.6 Å². The molecule has 0 aliphatic rings. The smallest absolute Gasteiger partial charge is 0.313 e. The number of hydrogen-bond donors (Lipinski definition) is 0. The summed E-state index contributed by atoms with van der Waals surface area (Å²) in [5.41, 5.74) is 0.393.